The Balaban J connectivity index is 1.40. The first-order chi connectivity index (χ1) is 21.1. The van der Waals surface area contributed by atoms with Crippen molar-refractivity contribution < 1.29 is 8.98 Å². The van der Waals surface area contributed by atoms with E-state index in [1.54, 1.807) is 0 Å². The van der Waals surface area contributed by atoms with Gasteiger partial charge in [-0.25, -0.2) is 19.1 Å². The zero-order chi connectivity index (χ0) is 29.1. The smallest absolute Gasteiger partial charge is 0.293 e. The first-order valence-corrected chi connectivity index (χ1v) is 14.5. The Labute approximate surface area is 249 Å². The number of benzene rings is 5. The van der Waals surface area contributed by atoms with E-state index in [1.165, 1.54) is 11.0 Å². The number of aryl methyl sites for hydroxylation is 3. The van der Waals surface area contributed by atoms with Crippen molar-refractivity contribution in [3.05, 3.63) is 127 Å². The van der Waals surface area contributed by atoms with Gasteiger partial charge in [0, 0.05) is 21.9 Å². The first-order valence-electron chi connectivity index (χ1n) is 14.5. The molecule has 0 unspecified atom stereocenters. The molecule has 0 bridgehead atoms. The summed E-state index contributed by atoms with van der Waals surface area (Å²) >= 11 is 0. The summed E-state index contributed by atoms with van der Waals surface area (Å²) in [6.07, 6.45) is 0. The summed E-state index contributed by atoms with van der Waals surface area (Å²) in [6.45, 7) is 2.15. The first kappa shape index (κ1) is 25.2. The van der Waals surface area contributed by atoms with Crippen molar-refractivity contribution in [2.24, 2.45) is 14.1 Å². The lowest BCUT2D eigenvalue weighted by molar-refractivity contribution is -0.634. The lowest BCUT2D eigenvalue weighted by Gasteiger charge is -2.09. The number of hydrogen-bond acceptors (Lipinski definition) is 3. The highest BCUT2D eigenvalue weighted by atomic mass is 16.3. The second-order valence-electron chi connectivity index (χ2n) is 11.0. The quantitative estimate of drug-likeness (QED) is 0.203. The van der Waals surface area contributed by atoms with E-state index in [0.717, 1.165) is 67.0 Å². The zero-order valence-corrected chi connectivity index (χ0v) is 24.2. The number of hydrogen-bond donors (Lipinski definition) is 0. The van der Waals surface area contributed by atoms with Crippen molar-refractivity contribution in [2.75, 3.05) is 0 Å². The average molecular weight is 558 g/mol. The van der Waals surface area contributed by atoms with Crippen LogP contribution < -0.4 is 4.57 Å². The van der Waals surface area contributed by atoms with Gasteiger partial charge in [-0.15, -0.1) is 0 Å². The van der Waals surface area contributed by atoms with Crippen LogP contribution in [0.1, 0.15) is 5.56 Å². The Morgan fingerprint density at radius 1 is 0.651 bits per heavy atom. The Bertz CT molecular complexity index is 2220. The fourth-order valence-electron chi connectivity index (χ4n) is 6.32. The molecule has 3 aromatic heterocycles. The third-order valence-electron chi connectivity index (χ3n) is 8.44. The lowest BCUT2D eigenvalue weighted by Crippen LogP contribution is -2.30. The predicted molar refractivity (Wildman–Crippen MR) is 173 cm³/mol. The van der Waals surface area contributed by atoms with Crippen molar-refractivity contribution in [1.29, 1.82) is 0 Å². The minimum Gasteiger partial charge on any atom is -0.454 e. The molecule has 0 saturated carbocycles. The fourth-order valence-corrected chi connectivity index (χ4v) is 6.32. The summed E-state index contributed by atoms with van der Waals surface area (Å²) in [4.78, 5) is 10.2. The Hall–Kier alpha value is -5.55. The van der Waals surface area contributed by atoms with Gasteiger partial charge in [-0.05, 0) is 36.8 Å². The summed E-state index contributed by atoms with van der Waals surface area (Å²) < 4.78 is 11.4. The lowest BCUT2D eigenvalue weighted by atomic mass is 10.0. The van der Waals surface area contributed by atoms with Gasteiger partial charge in [0.2, 0.25) is 0 Å². The minimum absolute atomic E-state index is 0.637. The fraction of sp³-hybridized carbons (Fsp3) is 0.0789. The van der Waals surface area contributed by atoms with E-state index in [4.69, 9.17) is 14.4 Å². The maximum absolute atomic E-state index is 6.89. The summed E-state index contributed by atoms with van der Waals surface area (Å²) in [5.74, 6) is 1.73. The normalized spacial score (nSPS) is 11.6. The van der Waals surface area contributed by atoms with E-state index in [9.17, 15) is 0 Å². The molecule has 0 atom stereocenters. The average Bonchev–Trinajstić information content (AvgIpc) is 3.56. The van der Waals surface area contributed by atoms with E-state index in [0.29, 0.717) is 5.82 Å². The van der Waals surface area contributed by atoms with Crippen LogP contribution in [-0.2, 0) is 14.1 Å². The van der Waals surface area contributed by atoms with Crippen LogP contribution in [0, 0.1) is 6.92 Å². The van der Waals surface area contributed by atoms with E-state index >= 15 is 0 Å². The third kappa shape index (κ3) is 3.97. The number of rotatable bonds is 4. The molecular formula is C38H29N4O+. The molecular weight excluding hydrogens is 528 g/mol. The van der Waals surface area contributed by atoms with E-state index < -0.39 is 0 Å². The second kappa shape index (κ2) is 9.78. The van der Waals surface area contributed by atoms with Crippen LogP contribution in [0.25, 0.3) is 78.3 Å². The van der Waals surface area contributed by atoms with Gasteiger partial charge in [-0.1, -0.05) is 97.1 Å². The molecule has 3 heterocycles. The number of fused-ring (bicyclic) bond motifs is 4. The van der Waals surface area contributed by atoms with Gasteiger partial charge >= 0.3 is 0 Å². The Morgan fingerprint density at radius 2 is 1.28 bits per heavy atom. The molecule has 0 saturated heterocycles. The van der Waals surface area contributed by atoms with Gasteiger partial charge in [0.15, 0.2) is 22.4 Å². The van der Waals surface area contributed by atoms with Crippen LogP contribution in [0.5, 0.6) is 0 Å². The molecule has 5 heteroatoms. The summed E-state index contributed by atoms with van der Waals surface area (Å²) in [7, 11) is 4.25. The maximum Gasteiger partial charge on any atom is 0.293 e. The van der Waals surface area contributed by atoms with Crippen LogP contribution in [0.15, 0.2) is 126 Å². The van der Waals surface area contributed by atoms with Crippen molar-refractivity contribution in [3.8, 4) is 45.3 Å². The van der Waals surface area contributed by atoms with Crippen LogP contribution in [0.4, 0.5) is 0 Å². The van der Waals surface area contributed by atoms with Crippen molar-refractivity contribution in [1.82, 2.24) is 14.5 Å². The largest absolute Gasteiger partial charge is 0.454 e. The highest BCUT2D eigenvalue weighted by Gasteiger charge is 2.28. The van der Waals surface area contributed by atoms with Crippen LogP contribution in [-0.4, -0.2) is 14.5 Å². The standard InChI is InChI=1S/C38H29N4O/c1-24-21-22-28-27-17-12-18-29(35(27)43-36(28)34(24)38-41(2)32-19-10-11-20-33(32)42(38)3)37-39-30(25-13-6-4-7-14-25)23-31(40-37)26-15-8-5-9-16-26/h4-23H,1-3H3/q+1. The van der Waals surface area contributed by atoms with Crippen LogP contribution in [0.2, 0.25) is 0 Å². The summed E-state index contributed by atoms with van der Waals surface area (Å²) in [5.41, 5.74) is 10.9. The molecule has 5 aromatic carbocycles. The number of nitrogens with zero attached hydrogens (tertiary/aromatic N) is 4. The molecule has 0 aliphatic rings. The summed E-state index contributed by atoms with van der Waals surface area (Å²) in [6, 6.07) is 41.7. The van der Waals surface area contributed by atoms with Crippen molar-refractivity contribution in [3.63, 3.8) is 0 Å². The molecule has 8 rings (SSSR count). The molecule has 8 aromatic rings. The maximum atomic E-state index is 6.89. The molecule has 43 heavy (non-hydrogen) atoms. The predicted octanol–water partition coefficient (Wildman–Crippen LogP) is 8.67. The third-order valence-corrected chi connectivity index (χ3v) is 8.44. The van der Waals surface area contributed by atoms with Crippen molar-refractivity contribution in [2.45, 2.75) is 6.92 Å². The van der Waals surface area contributed by atoms with Crippen LogP contribution >= 0.6 is 0 Å². The molecule has 0 aliphatic carbocycles. The van der Waals surface area contributed by atoms with E-state index in [1.807, 2.05) is 36.4 Å². The highest BCUT2D eigenvalue weighted by molar-refractivity contribution is 6.12. The highest BCUT2D eigenvalue weighted by Crippen LogP contribution is 2.41. The topological polar surface area (TPSA) is 47.7 Å². The number of aromatic nitrogens is 4. The molecule has 0 fully saturated rings. The number of furan rings is 1. The molecule has 0 spiro atoms. The van der Waals surface area contributed by atoms with Gasteiger partial charge in [-0.3, -0.25) is 0 Å². The van der Waals surface area contributed by atoms with Crippen molar-refractivity contribution >= 4 is 33.0 Å². The van der Waals surface area contributed by atoms with Gasteiger partial charge in [0.1, 0.15) is 11.1 Å². The molecule has 0 amide bonds. The second-order valence-corrected chi connectivity index (χ2v) is 11.0. The molecule has 206 valence electrons. The SMILES string of the molecule is Cc1ccc2c(oc3c(-c4nc(-c5ccccc5)cc(-c5ccccc5)n4)cccc32)c1-c1n(C)c2ccccc2[n+]1C. The van der Waals surface area contributed by atoms with Gasteiger partial charge in [0.05, 0.1) is 31.0 Å². The van der Waals surface area contributed by atoms with Gasteiger partial charge < -0.3 is 4.42 Å². The van der Waals surface area contributed by atoms with E-state index in [-0.39, 0.29) is 0 Å². The molecule has 0 N–H and O–H groups in total. The molecule has 5 nitrogen and oxygen atoms in total. The number of para-hydroxylation sites is 3. The summed E-state index contributed by atoms with van der Waals surface area (Å²) in [5, 5.41) is 2.12. The van der Waals surface area contributed by atoms with Crippen LogP contribution in [0.3, 0.4) is 0 Å². The molecule has 0 radical (unpaired) electrons. The molecule has 0 aliphatic heterocycles. The van der Waals surface area contributed by atoms with Gasteiger partial charge in [0.25, 0.3) is 5.82 Å². The minimum atomic E-state index is 0.637. The Kier molecular flexibility index (Phi) is 5.73. The number of imidazole rings is 1. The Morgan fingerprint density at radius 3 is 1.95 bits per heavy atom. The van der Waals surface area contributed by atoms with E-state index in [2.05, 4.69) is 115 Å². The zero-order valence-electron chi connectivity index (χ0n) is 24.2. The monoisotopic (exact) mass is 557 g/mol. The van der Waals surface area contributed by atoms with Gasteiger partial charge in [-0.2, -0.15) is 0 Å².